The first-order valence-corrected chi connectivity index (χ1v) is 20.9. The van der Waals surface area contributed by atoms with Crippen LogP contribution in [0.1, 0.15) is 205 Å². The minimum atomic E-state index is -0.803. The molecule has 0 saturated carbocycles. The van der Waals surface area contributed by atoms with E-state index in [4.69, 9.17) is 9.47 Å². The van der Waals surface area contributed by atoms with Crippen LogP contribution in [0.25, 0.3) is 0 Å². The van der Waals surface area contributed by atoms with Crippen molar-refractivity contribution in [3.8, 4) is 0 Å². The van der Waals surface area contributed by atoms with Gasteiger partial charge in [-0.05, 0) is 73.6 Å². The van der Waals surface area contributed by atoms with Gasteiger partial charge in [-0.25, -0.2) is 9.59 Å². The van der Waals surface area contributed by atoms with Crippen LogP contribution >= 0.6 is 0 Å². The van der Waals surface area contributed by atoms with E-state index in [1.807, 2.05) is 24.3 Å². The summed E-state index contributed by atoms with van der Waals surface area (Å²) < 4.78 is 13.2. The maximum absolute atomic E-state index is 14.3. The predicted molar refractivity (Wildman–Crippen MR) is 215 cm³/mol. The molecule has 0 amide bonds. The Morgan fingerprint density at radius 3 is 1.00 bits per heavy atom. The summed E-state index contributed by atoms with van der Waals surface area (Å²) in [5.41, 5.74) is -1.08. The molecular formula is C46H78O4. The third-order valence-electron chi connectivity index (χ3n) is 11.4. The first kappa shape index (κ1) is 45.7. The summed E-state index contributed by atoms with van der Waals surface area (Å²) in [6, 6.07) is 7.06. The van der Waals surface area contributed by atoms with Crippen LogP contribution in [0.4, 0.5) is 0 Å². The molecule has 0 aliphatic heterocycles. The van der Waals surface area contributed by atoms with Crippen LogP contribution in [-0.4, -0.2) is 23.1 Å². The number of carbonyl (C=O) groups is 2. The summed E-state index contributed by atoms with van der Waals surface area (Å²) in [6.07, 6.45) is 24.5. The van der Waals surface area contributed by atoms with Crippen molar-refractivity contribution in [2.75, 3.05) is 0 Å². The molecule has 4 unspecified atom stereocenters. The smallest absolute Gasteiger partial charge is 0.339 e. The van der Waals surface area contributed by atoms with Crippen molar-refractivity contribution in [3.05, 3.63) is 60.7 Å². The summed E-state index contributed by atoms with van der Waals surface area (Å²) >= 11 is 0. The van der Waals surface area contributed by atoms with Crippen molar-refractivity contribution in [3.63, 3.8) is 0 Å². The fourth-order valence-corrected chi connectivity index (χ4v) is 7.80. The van der Waals surface area contributed by atoms with Crippen LogP contribution < -0.4 is 0 Å². The van der Waals surface area contributed by atoms with Crippen molar-refractivity contribution in [1.29, 1.82) is 0 Å². The Hall–Kier alpha value is -2.36. The molecule has 1 rings (SSSR count). The molecule has 286 valence electrons. The highest BCUT2D eigenvalue weighted by molar-refractivity contribution is 6.03. The first-order chi connectivity index (χ1) is 24.1. The fraction of sp³-hybridized carbons (Fsp3) is 0.739. The minimum absolute atomic E-state index is 0.265. The molecule has 0 aliphatic rings. The Bertz CT molecular complexity index is 968. The minimum Gasteiger partial charge on any atom is -0.451 e. The molecule has 0 heterocycles. The van der Waals surface area contributed by atoms with Gasteiger partial charge in [-0.3, -0.25) is 0 Å². The predicted octanol–water partition coefficient (Wildman–Crippen LogP) is 14.3. The first-order valence-electron chi connectivity index (χ1n) is 20.9. The van der Waals surface area contributed by atoms with Gasteiger partial charge in [-0.15, -0.1) is 0 Å². The number of esters is 2. The lowest BCUT2D eigenvalue weighted by molar-refractivity contribution is -0.0230. The van der Waals surface area contributed by atoms with Gasteiger partial charge in [0.25, 0.3) is 0 Å². The third kappa shape index (κ3) is 15.5. The molecule has 0 aromatic heterocycles. The van der Waals surface area contributed by atoms with E-state index in [1.165, 1.54) is 0 Å². The molecule has 0 radical (unpaired) electrons. The highest BCUT2D eigenvalue weighted by Gasteiger charge is 2.39. The molecule has 0 fully saturated rings. The summed E-state index contributed by atoms with van der Waals surface area (Å²) in [5.74, 6) is 0.766. The highest BCUT2D eigenvalue weighted by Crippen LogP contribution is 2.39. The van der Waals surface area contributed by atoms with Crippen LogP contribution in [0.3, 0.4) is 0 Å². The maximum Gasteiger partial charge on any atom is 0.339 e. The molecule has 0 N–H and O–H groups in total. The van der Waals surface area contributed by atoms with Crippen LogP contribution in [0.2, 0.25) is 0 Å². The van der Waals surface area contributed by atoms with Crippen LogP contribution in [-0.2, 0) is 9.47 Å². The van der Waals surface area contributed by atoms with E-state index in [0.717, 1.165) is 128 Å². The van der Waals surface area contributed by atoms with Gasteiger partial charge in [-0.1, -0.05) is 183 Å². The Kier molecular flexibility index (Phi) is 23.4. The monoisotopic (exact) mass is 695 g/mol. The molecule has 1 aromatic carbocycles. The van der Waals surface area contributed by atoms with E-state index in [1.54, 1.807) is 12.1 Å². The Labute approximate surface area is 309 Å². The largest absolute Gasteiger partial charge is 0.451 e. The normalized spacial score (nSPS) is 16.3. The SMILES string of the molecule is C=CC(CC(CC)CCCC)(CC(CC)CCCC)OC(=O)c1ccccc1C(=O)OC(C=C)(CC(CC)CCCC)CC(CC)CCCC. The molecule has 0 saturated heterocycles. The number of hydrogen-bond acceptors (Lipinski definition) is 4. The zero-order valence-corrected chi connectivity index (χ0v) is 34.0. The molecule has 1 aromatic rings. The topological polar surface area (TPSA) is 52.6 Å². The van der Waals surface area contributed by atoms with Gasteiger partial charge in [0.1, 0.15) is 11.2 Å². The Morgan fingerprint density at radius 1 is 0.540 bits per heavy atom. The molecule has 50 heavy (non-hydrogen) atoms. The standard InChI is InChI=1S/C46H78O4/c1-11-21-27-37(15-5)33-45(19-9,34-38(16-6)28-22-12-2)49-43(47)41-31-25-26-32-42(41)44(48)50-46(20-10,35-39(17-7)29-23-13-3)36-40(18-8)30-24-14-4/h19-20,25-26,31-32,37-40H,9-18,21-24,27-30,33-36H2,1-8H3. The Morgan fingerprint density at radius 2 is 0.800 bits per heavy atom. The number of carbonyl (C=O) groups excluding carboxylic acids is 2. The molecular weight excluding hydrogens is 617 g/mol. The maximum atomic E-state index is 14.3. The zero-order valence-electron chi connectivity index (χ0n) is 34.0. The van der Waals surface area contributed by atoms with Crippen molar-refractivity contribution in [2.24, 2.45) is 23.7 Å². The molecule has 4 atom stereocenters. The summed E-state index contributed by atoms with van der Waals surface area (Å²) in [5, 5.41) is 0. The summed E-state index contributed by atoms with van der Waals surface area (Å²) in [6.45, 7) is 26.4. The van der Waals surface area contributed by atoms with E-state index < -0.39 is 23.1 Å². The van der Waals surface area contributed by atoms with E-state index in [-0.39, 0.29) is 11.1 Å². The number of rotatable bonds is 30. The van der Waals surface area contributed by atoms with Crippen molar-refractivity contribution >= 4 is 11.9 Å². The van der Waals surface area contributed by atoms with Gasteiger partial charge >= 0.3 is 11.9 Å². The molecule has 0 spiro atoms. The van der Waals surface area contributed by atoms with Crippen molar-refractivity contribution in [1.82, 2.24) is 0 Å². The number of hydrogen-bond donors (Lipinski definition) is 0. The second-order valence-electron chi connectivity index (χ2n) is 15.3. The van der Waals surface area contributed by atoms with E-state index >= 15 is 0 Å². The van der Waals surface area contributed by atoms with Gasteiger partial charge in [-0.2, -0.15) is 0 Å². The van der Waals surface area contributed by atoms with Crippen LogP contribution in [0, 0.1) is 23.7 Å². The zero-order chi connectivity index (χ0) is 37.4. The lowest BCUT2D eigenvalue weighted by Crippen LogP contribution is -2.39. The molecule has 0 bridgehead atoms. The van der Waals surface area contributed by atoms with Gasteiger partial charge < -0.3 is 9.47 Å². The fourth-order valence-electron chi connectivity index (χ4n) is 7.80. The van der Waals surface area contributed by atoms with Crippen molar-refractivity contribution in [2.45, 2.75) is 195 Å². The summed E-state index contributed by atoms with van der Waals surface area (Å²) in [4.78, 5) is 28.7. The lowest BCUT2D eigenvalue weighted by atomic mass is 9.78. The lowest BCUT2D eigenvalue weighted by Gasteiger charge is -2.37. The molecule has 4 heteroatoms. The average Bonchev–Trinajstić information content (AvgIpc) is 3.14. The number of ether oxygens (including phenoxy) is 2. The number of unbranched alkanes of at least 4 members (excludes halogenated alkanes) is 4. The van der Waals surface area contributed by atoms with Crippen LogP contribution in [0.15, 0.2) is 49.6 Å². The average molecular weight is 695 g/mol. The Balaban J connectivity index is 3.58. The second kappa shape index (κ2) is 25.6. The van der Waals surface area contributed by atoms with E-state index in [2.05, 4.69) is 68.5 Å². The van der Waals surface area contributed by atoms with Gasteiger partial charge in [0.2, 0.25) is 0 Å². The van der Waals surface area contributed by atoms with Gasteiger partial charge in [0, 0.05) is 0 Å². The molecule has 4 nitrogen and oxygen atoms in total. The van der Waals surface area contributed by atoms with Gasteiger partial charge in [0.15, 0.2) is 0 Å². The van der Waals surface area contributed by atoms with Gasteiger partial charge in [0.05, 0.1) is 11.1 Å². The van der Waals surface area contributed by atoms with Crippen LogP contribution in [0.5, 0.6) is 0 Å². The third-order valence-corrected chi connectivity index (χ3v) is 11.4. The summed E-state index contributed by atoms with van der Waals surface area (Å²) in [7, 11) is 0. The van der Waals surface area contributed by atoms with E-state index in [9.17, 15) is 9.59 Å². The molecule has 0 aliphatic carbocycles. The number of benzene rings is 1. The highest BCUT2D eigenvalue weighted by atomic mass is 16.6. The second-order valence-corrected chi connectivity index (χ2v) is 15.3. The van der Waals surface area contributed by atoms with Crippen molar-refractivity contribution < 1.29 is 19.1 Å². The quantitative estimate of drug-likeness (QED) is 0.0594. The van der Waals surface area contributed by atoms with E-state index in [0.29, 0.717) is 23.7 Å².